The van der Waals surface area contributed by atoms with Crippen LogP contribution in [0.3, 0.4) is 0 Å². The molecule has 0 saturated carbocycles. The number of amides is 1. The molecule has 1 N–H and O–H groups in total. The lowest BCUT2D eigenvalue weighted by atomic mass is 10.1. The van der Waals surface area contributed by atoms with E-state index >= 15 is 0 Å². The number of aliphatic imine (C=N–C) groups is 1. The van der Waals surface area contributed by atoms with E-state index < -0.39 is 0 Å². The van der Waals surface area contributed by atoms with E-state index in [4.69, 9.17) is 4.74 Å². The fourth-order valence-electron chi connectivity index (χ4n) is 3.50. The topological polar surface area (TPSA) is 60.4 Å². The molecule has 0 bridgehead atoms. The van der Waals surface area contributed by atoms with E-state index in [1.165, 1.54) is 5.56 Å². The first-order valence-electron chi connectivity index (χ1n) is 10.7. The number of rotatable bonds is 7. The molecule has 0 aliphatic carbocycles. The number of guanidine groups is 1. The van der Waals surface area contributed by atoms with Gasteiger partial charge in [-0.2, -0.15) is 0 Å². The number of anilines is 1. The van der Waals surface area contributed by atoms with Gasteiger partial charge in [0, 0.05) is 58.6 Å². The summed E-state index contributed by atoms with van der Waals surface area (Å²) in [6.07, 6.45) is 0.908. The van der Waals surface area contributed by atoms with E-state index in [2.05, 4.69) is 56.5 Å². The Hall–Kier alpha value is -2.49. The summed E-state index contributed by atoms with van der Waals surface area (Å²) in [7, 11) is 5.20. The van der Waals surface area contributed by atoms with E-state index in [0.29, 0.717) is 0 Å². The van der Waals surface area contributed by atoms with E-state index in [1.54, 1.807) is 26.1 Å². The molecule has 3 rings (SSSR count). The second kappa shape index (κ2) is 13.1. The van der Waals surface area contributed by atoms with E-state index in [9.17, 15) is 4.79 Å². The average Bonchev–Trinajstić information content (AvgIpc) is 2.81. The van der Waals surface area contributed by atoms with Crippen LogP contribution in [0.1, 0.15) is 5.56 Å². The molecule has 2 aromatic carbocycles. The summed E-state index contributed by atoms with van der Waals surface area (Å²) in [5.41, 5.74) is 2.44. The predicted octanol–water partition coefficient (Wildman–Crippen LogP) is 2.71. The van der Waals surface area contributed by atoms with Crippen molar-refractivity contribution in [3.8, 4) is 5.75 Å². The summed E-state index contributed by atoms with van der Waals surface area (Å²) in [6, 6.07) is 18.5. The van der Waals surface area contributed by atoms with Crippen molar-refractivity contribution in [2.24, 2.45) is 4.99 Å². The number of ether oxygens (including phenoxy) is 1. The van der Waals surface area contributed by atoms with Crippen molar-refractivity contribution in [2.45, 2.75) is 6.42 Å². The number of hydrogen-bond acceptors (Lipinski definition) is 4. The van der Waals surface area contributed by atoms with Gasteiger partial charge >= 0.3 is 0 Å². The number of likely N-dealkylation sites (N-methyl/N-ethyl adjacent to an activating group) is 1. The Bertz CT molecular complexity index is 868. The molecule has 1 saturated heterocycles. The van der Waals surface area contributed by atoms with E-state index in [1.807, 2.05) is 18.2 Å². The molecular weight excluding hydrogens is 517 g/mol. The number of carbonyl (C=O) groups is 1. The van der Waals surface area contributed by atoms with Crippen molar-refractivity contribution in [3.63, 3.8) is 0 Å². The van der Waals surface area contributed by atoms with Gasteiger partial charge in [0.05, 0.1) is 7.11 Å². The molecule has 1 amide bonds. The maximum Gasteiger partial charge on any atom is 0.243 e. The van der Waals surface area contributed by atoms with Gasteiger partial charge in [0.25, 0.3) is 0 Å². The number of hydrogen-bond donors (Lipinski definition) is 1. The SMILES string of the molecule is COc1cccc(N2CCN(C(=NCC(=O)N(C)C)NCCc3ccccc3)CC2)c1.I. The zero-order valence-corrected chi connectivity index (χ0v) is 21.5. The van der Waals surface area contributed by atoms with Crippen LogP contribution in [0, 0.1) is 0 Å². The van der Waals surface area contributed by atoms with Crippen molar-refractivity contribution >= 4 is 41.5 Å². The molecule has 1 aliphatic rings. The second-order valence-corrected chi connectivity index (χ2v) is 7.77. The van der Waals surface area contributed by atoms with E-state index in [-0.39, 0.29) is 36.4 Å². The molecule has 32 heavy (non-hydrogen) atoms. The van der Waals surface area contributed by atoms with Crippen LogP contribution in [0.2, 0.25) is 0 Å². The van der Waals surface area contributed by atoms with Gasteiger partial charge in [-0.25, -0.2) is 4.99 Å². The fourth-order valence-corrected chi connectivity index (χ4v) is 3.50. The van der Waals surface area contributed by atoms with Crippen LogP contribution in [0.5, 0.6) is 5.75 Å². The Balaban J connectivity index is 0.00000363. The van der Waals surface area contributed by atoms with Crippen molar-refractivity contribution in [1.82, 2.24) is 15.1 Å². The third kappa shape index (κ3) is 7.58. The monoisotopic (exact) mass is 551 g/mol. The number of benzene rings is 2. The first-order valence-corrected chi connectivity index (χ1v) is 10.7. The van der Waals surface area contributed by atoms with Gasteiger partial charge in [0.1, 0.15) is 12.3 Å². The lowest BCUT2D eigenvalue weighted by molar-refractivity contribution is -0.127. The quantitative estimate of drug-likeness (QED) is 0.326. The molecule has 8 heteroatoms. The van der Waals surface area contributed by atoms with Crippen molar-refractivity contribution < 1.29 is 9.53 Å². The lowest BCUT2D eigenvalue weighted by Gasteiger charge is -2.38. The zero-order chi connectivity index (χ0) is 22.1. The van der Waals surface area contributed by atoms with Gasteiger partial charge in [-0.15, -0.1) is 24.0 Å². The zero-order valence-electron chi connectivity index (χ0n) is 19.2. The van der Waals surface area contributed by atoms with Crippen LogP contribution < -0.4 is 15.0 Å². The summed E-state index contributed by atoms with van der Waals surface area (Å²) in [5.74, 6) is 1.67. The van der Waals surface area contributed by atoms with Gasteiger partial charge < -0.3 is 24.8 Å². The van der Waals surface area contributed by atoms with Gasteiger partial charge in [-0.1, -0.05) is 36.4 Å². The van der Waals surface area contributed by atoms with E-state index in [0.717, 1.165) is 56.5 Å². The molecule has 1 heterocycles. The number of nitrogens with zero attached hydrogens (tertiary/aromatic N) is 4. The Labute approximate surface area is 208 Å². The smallest absolute Gasteiger partial charge is 0.243 e. The van der Waals surface area contributed by atoms with Crippen LogP contribution in [-0.2, 0) is 11.2 Å². The summed E-state index contributed by atoms with van der Waals surface area (Å²) in [4.78, 5) is 22.9. The van der Waals surface area contributed by atoms with Crippen LogP contribution in [0.4, 0.5) is 5.69 Å². The standard InChI is InChI=1S/C24H33N5O2.HI/c1-27(2)23(30)19-26-24(25-13-12-20-8-5-4-6-9-20)29-16-14-28(15-17-29)21-10-7-11-22(18-21)31-3;/h4-11,18H,12-17,19H2,1-3H3,(H,25,26);1H. The fraction of sp³-hybridized carbons (Fsp3) is 0.417. The Morgan fingerprint density at radius 3 is 2.44 bits per heavy atom. The van der Waals surface area contributed by atoms with Crippen LogP contribution in [0.15, 0.2) is 59.6 Å². The molecule has 174 valence electrons. The van der Waals surface area contributed by atoms with Crippen molar-refractivity contribution in [3.05, 3.63) is 60.2 Å². The second-order valence-electron chi connectivity index (χ2n) is 7.77. The largest absolute Gasteiger partial charge is 0.497 e. The number of piperazine rings is 1. The molecule has 1 aliphatic heterocycles. The van der Waals surface area contributed by atoms with Crippen LogP contribution in [-0.4, -0.2) is 82.1 Å². The van der Waals surface area contributed by atoms with Crippen LogP contribution in [0.25, 0.3) is 0 Å². The number of nitrogens with one attached hydrogen (secondary N) is 1. The molecule has 0 aromatic heterocycles. The summed E-state index contributed by atoms with van der Waals surface area (Å²) in [5, 5.41) is 3.47. The predicted molar refractivity (Wildman–Crippen MR) is 141 cm³/mol. The number of methoxy groups -OCH3 is 1. The lowest BCUT2D eigenvalue weighted by Crippen LogP contribution is -2.53. The number of carbonyl (C=O) groups excluding carboxylic acids is 1. The highest BCUT2D eigenvalue weighted by Crippen LogP contribution is 2.22. The Kier molecular flexibility index (Phi) is 10.6. The minimum Gasteiger partial charge on any atom is -0.497 e. The molecule has 0 radical (unpaired) electrons. The minimum absolute atomic E-state index is 0. The normalized spacial score (nSPS) is 13.9. The summed E-state index contributed by atoms with van der Waals surface area (Å²) in [6.45, 7) is 4.36. The first-order chi connectivity index (χ1) is 15.1. The molecule has 2 aromatic rings. The molecular formula is C24H34IN5O2. The van der Waals surface area contributed by atoms with Gasteiger partial charge in [-0.05, 0) is 24.1 Å². The molecule has 1 fully saturated rings. The summed E-state index contributed by atoms with van der Waals surface area (Å²) < 4.78 is 5.36. The van der Waals surface area contributed by atoms with Crippen molar-refractivity contribution in [2.75, 3.05) is 65.4 Å². The third-order valence-electron chi connectivity index (χ3n) is 5.40. The maximum absolute atomic E-state index is 12.1. The average molecular weight is 551 g/mol. The highest BCUT2D eigenvalue weighted by Gasteiger charge is 2.20. The Morgan fingerprint density at radius 1 is 1.06 bits per heavy atom. The van der Waals surface area contributed by atoms with Gasteiger partial charge in [0.2, 0.25) is 5.91 Å². The molecule has 7 nitrogen and oxygen atoms in total. The molecule has 0 spiro atoms. The number of halogens is 1. The maximum atomic E-state index is 12.1. The first kappa shape index (κ1) is 25.8. The molecule has 0 atom stereocenters. The van der Waals surface area contributed by atoms with Gasteiger partial charge in [0.15, 0.2) is 5.96 Å². The highest BCUT2D eigenvalue weighted by molar-refractivity contribution is 14.0. The third-order valence-corrected chi connectivity index (χ3v) is 5.40. The Morgan fingerprint density at radius 2 is 1.78 bits per heavy atom. The van der Waals surface area contributed by atoms with Crippen molar-refractivity contribution in [1.29, 1.82) is 0 Å². The minimum atomic E-state index is -0.00243. The highest BCUT2D eigenvalue weighted by atomic mass is 127. The van der Waals surface area contributed by atoms with Crippen LogP contribution >= 0.6 is 24.0 Å². The summed E-state index contributed by atoms with van der Waals surface area (Å²) >= 11 is 0. The van der Waals surface area contributed by atoms with Gasteiger partial charge in [-0.3, -0.25) is 4.79 Å². The molecule has 0 unspecified atom stereocenters.